The van der Waals surface area contributed by atoms with Crippen molar-refractivity contribution in [1.29, 1.82) is 0 Å². The lowest BCUT2D eigenvalue weighted by molar-refractivity contribution is 0.198. The highest BCUT2D eigenvalue weighted by Gasteiger charge is 2.19. The molecule has 1 atom stereocenters. The Hall–Kier alpha value is -1.02. The van der Waals surface area contributed by atoms with Crippen molar-refractivity contribution in [1.82, 2.24) is 0 Å². The van der Waals surface area contributed by atoms with E-state index in [0.29, 0.717) is 0 Å². The van der Waals surface area contributed by atoms with Crippen LogP contribution in [0.3, 0.4) is 0 Å². The van der Waals surface area contributed by atoms with E-state index in [-0.39, 0.29) is 6.10 Å². The van der Waals surface area contributed by atoms with Crippen molar-refractivity contribution < 1.29 is 5.11 Å². The molecule has 2 nitrogen and oxygen atoms in total. The topological polar surface area (TPSA) is 23.5 Å². The first-order chi connectivity index (χ1) is 6.20. The molecule has 1 aromatic carbocycles. The van der Waals surface area contributed by atoms with Gasteiger partial charge in [0.25, 0.3) is 0 Å². The highest BCUT2D eigenvalue weighted by Crippen LogP contribution is 2.32. The third kappa shape index (κ3) is 1.31. The molecular formula is C11H15NO. The van der Waals surface area contributed by atoms with Crippen molar-refractivity contribution >= 4 is 5.69 Å². The van der Waals surface area contributed by atoms with E-state index in [0.717, 1.165) is 18.5 Å². The Kier molecular flexibility index (Phi) is 2.00. The first-order valence-electron chi connectivity index (χ1n) is 4.71. The third-order valence-corrected chi connectivity index (χ3v) is 2.75. The van der Waals surface area contributed by atoms with Crippen molar-refractivity contribution in [3.63, 3.8) is 0 Å². The maximum absolute atomic E-state index is 9.56. The van der Waals surface area contributed by atoms with Crippen LogP contribution in [0.2, 0.25) is 0 Å². The van der Waals surface area contributed by atoms with E-state index in [1.165, 1.54) is 11.3 Å². The van der Waals surface area contributed by atoms with Gasteiger partial charge in [-0.25, -0.2) is 0 Å². The first kappa shape index (κ1) is 8.57. The van der Waals surface area contributed by atoms with Gasteiger partial charge in [0, 0.05) is 19.3 Å². The molecule has 1 heterocycles. The standard InChI is InChI=1S/C11H15NO/c1-8(13)9-4-3-5-11-10(9)6-7-12(11)2/h3-5,8,13H,6-7H2,1-2H3. The van der Waals surface area contributed by atoms with Gasteiger partial charge in [-0.15, -0.1) is 0 Å². The van der Waals surface area contributed by atoms with E-state index in [1.54, 1.807) is 0 Å². The second-order valence-electron chi connectivity index (χ2n) is 3.69. The van der Waals surface area contributed by atoms with Crippen LogP contribution in [-0.4, -0.2) is 18.7 Å². The monoisotopic (exact) mass is 177 g/mol. The van der Waals surface area contributed by atoms with Gasteiger partial charge in [0.1, 0.15) is 0 Å². The molecule has 1 aliphatic heterocycles. The molecule has 0 fully saturated rings. The van der Waals surface area contributed by atoms with Gasteiger partial charge in [0.2, 0.25) is 0 Å². The highest BCUT2D eigenvalue weighted by atomic mass is 16.3. The Morgan fingerprint density at radius 2 is 2.23 bits per heavy atom. The highest BCUT2D eigenvalue weighted by molar-refractivity contribution is 5.60. The van der Waals surface area contributed by atoms with Crippen molar-refractivity contribution in [3.8, 4) is 0 Å². The third-order valence-electron chi connectivity index (χ3n) is 2.75. The molecule has 0 aliphatic carbocycles. The summed E-state index contributed by atoms with van der Waals surface area (Å²) in [5.74, 6) is 0. The number of anilines is 1. The summed E-state index contributed by atoms with van der Waals surface area (Å²) < 4.78 is 0. The molecular weight excluding hydrogens is 162 g/mol. The molecule has 70 valence electrons. The fourth-order valence-electron chi connectivity index (χ4n) is 2.01. The summed E-state index contributed by atoms with van der Waals surface area (Å²) in [6.45, 7) is 2.90. The van der Waals surface area contributed by atoms with Gasteiger partial charge in [0.15, 0.2) is 0 Å². The van der Waals surface area contributed by atoms with Crippen molar-refractivity contribution in [3.05, 3.63) is 29.3 Å². The Labute approximate surface area is 78.8 Å². The predicted octanol–water partition coefficient (Wildman–Crippen LogP) is 1.73. The fraction of sp³-hybridized carbons (Fsp3) is 0.455. The quantitative estimate of drug-likeness (QED) is 0.706. The van der Waals surface area contributed by atoms with Crippen LogP contribution in [0.1, 0.15) is 24.2 Å². The van der Waals surface area contributed by atoms with Crippen LogP contribution < -0.4 is 4.90 Å². The van der Waals surface area contributed by atoms with E-state index in [2.05, 4.69) is 18.0 Å². The molecule has 1 unspecified atom stereocenters. The Morgan fingerprint density at radius 3 is 2.92 bits per heavy atom. The minimum Gasteiger partial charge on any atom is -0.389 e. The number of benzene rings is 1. The second-order valence-corrected chi connectivity index (χ2v) is 3.69. The average molecular weight is 177 g/mol. The number of hydrogen-bond acceptors (Lipinski definition) is 2. The summed E-state index contributed by atoms with van der Waals surface area (Å²) >= 11 is 0. The molecule has 0 saturated heterocycles. The smallest absolute Gasteiger partial charge is 0.0765 e. The van der Waals surface area contributed by atoms with Crippen molar-refractivity contribution in [2.75, 3.05) is 18.5 Å². The summed E-state index contributed by atoms with van der Waals surface area (Å²) in [7, 11) is 2.09. The molecule has 0 saturated carbocycles. The molecule has 0 radical (unpaired) electrons. The summed E-state index contributed by atoms with van der Waals surface area (Å²) in [5.41, 5.74) is 3.68. The molecule has 13 heavy (non-hydrogen) atoms. The maximum atomic E-state index is 9.56. The number of aliphatic hydroxyl groups is 1. The van der Waals surface area contributed by atoms with Crippen LogP contribution in [0, 0.1) is 0 Å². The number of hydrogen-bond donors (Lipinski definition) is 1. The van der Waals surface area contributed by atoms with E-state index in [4.69, 9.17) is 0 Å². The molecule has 0 bridgehead atoms. The molecule has 1 aliphatic rings. The Bertz CT molecular complexity index is 320. The molecule has 0 amide bonds. The van der Waals surface area contributed by atoms with Gasteiger partial charge in [-0.05, 0) is 30.5 Å². The lowest BCUT2D eigenvalue weighted by Gasteiger charge is -2.14. The van der Waals surface area contributed by atoms with Gasteiger partial charge in [-0.2, -0.15) is 0 Å². The van der Waals surface area contributed by atoms with Gasteiger partial charge < -0.3 is 10.0 Å². The van der Waals surface area contributed by atoms with E-state index in [1.807, 2.05) is 19.1 Å². The Morgan fingerprint density at radius 1 is 1.46 bits per heavy atom. The minimum atomic E-state index is -0.346. The van der Waals surface area contributed by atoms with E-state index >= 15 is 0 Å². The molecule has 2 heteroatoms. The molecule has 2 rings (SSSR count). The predicted molar refractivity (Wildman–Crippen MR) is 54.0 cm³/mol. The number of fused-ring (bicyclic) bond motifs is 1. The second kappa shape index (κ2) is 3.04. The minimum absolute atomic E-state index is 0.346. The van der Waals surface area contributed by atoms with Crippen LogP contribution in [0.15, 0.2) is 18.2 Å². The van der Waals surface area contributed by atoms with E-state index in [9.17, 15) is 5.11 Å². The van der Waals surface area contributed by atoms with Gasteiger partial charge in [0.05, 0.1) is 6.10 Å². The largest absolute Gasteiger partial charge is 0.389 e. The normalized spacial score (nSPS) is 17.3. The first-order valence-corrected chi connectivity index (χ1v) is 4.71. The van der Waals surface area contributed by atoms with Crippen LogP contribution in [0.4, 0.5) is 5.69 Å². The van der Waals surface area contributed by atoms with Crippen LogP contribution >= 0.6 is 0 Å². The van der Waals surface area contributed by atoms with Gasteiger partial charge >= 0.3 is 0 Å². The zero-order chi connectivity index (χ0) is 9.42. The van der Waals surface area contributed by atoms with Crippen LogP contribution in [0.5, 0.6) is 0 Å². The summed E-state index contributed by atoms with van der Waals surface area (Å²) in [6.07, 6.45) is 0.717. The lowest BCUT2D eigenvalue weighted by atomic mass is 10.0. The summed E-state index contributed by atoms with van der Waals surface area (Å²) in [4.78, 5) is 2.24. The molecule has 1 N–H and O–H groups in total. The van der Waals surface area contributed by atoms with Crippen molar-refractivity contribution in [2.24, 2.45) is 0 Å². The summed E-state index contributed by atoms with van der Waals surface area (Å²) in [5, 5.41) is 9.56. The summed E-state index contributed by atoms with van der Waals surface area (Å²) in [6, 6.07) is 6.15. The lowest BCUT2D eigenvalue weighted by Crippen LogP contribution is -2.12. The van der Waals surface area contributed by atoms with Crippen LogP contribution in [-0.2, 0) is 6.42 Å². The Balaban J connectivity index is 2.51. The van der Waals surface area contributed by atoms with E-state index < -0.39 is 0 Å². The molecule has 0 aromatic heterocycles. The average Bonchev–Trinajstić information content (AvgIpc) is 2.48. The maximum Gasteiger partial charge on any atom is 0.0765 e. The molecule has 0 spiro atoms. The SMILES string of the molecule is CC(O)c1cccc2c1CCN2C. The number of nitrogens with zero attached hydrogens (tertiary/aromatic N) is 1. The molecule has 1 aromatic rings. The number of rotatable bonds is 1. The van der Waals surface area contributed by atoms with Gasteiger partial charge in [-0.1, -0.05) is 12.1 Å². The zero-order valence-corrected chi connectivity index (χ0v) is 8.12. The van der Waals surface area contributed by atoms with Crippen LogP contribution in [0.25, 0.3) is 0 Å². The van der Waals surface area contributed by atoms with Crippen molar-refractivity contribution in [2.45, 2.75) is 19.4 Å². The van der Waals surface area contributed by atoms with Gasteiger partial charge in [-0.3, -0.25) is 0 Å². The fourth-order valence-corrected chi connectivity index (χ4v) is 2.01. The zero-order valence-electron chi connectivity index (χ0n) is 8.12. The number of aliphatic hydroxyl groups excluding tert-OH is 1. The number of likely N-dealkylation sites (N-methyl/N-ethyl adjacent to an activating group) is 1.